The second-order valence-corrected chi connectivity index (χ2v) is 8.02. The smallest absolute Gasteiger partial charge is 0.275 e. The van der Waals surface area contributed by atoms with Crippen LogP contribution in [-0.2, 0) is 9.59 Å². The Balaban J connectivity index is 1.32. The van der Waals surface area contributed by atoms with Gasteiger partial charge in [0, 0.05) is 18.7 Å². The standard InChI is InChI=1S/C25H26N6O4/c1-18-21(15-28-31(18)20-11-6-3-7-12-20)25(35)30-14-8-13-29(30)23(33)17-26-22(32)16-27-24(34)19-9-4-2-5-10-19/h2-7,9-12,15H,8,13-14,16-17H2,1H3,(H,26,32)(H,27,34). The normalized spacial score (nSPS) is 12.9. The minimum absolute atomic E-state index is 0.262. The fraction of sp³-hybridized carbons (Fsp3) is 0.240. The maximum absolute atomic E-state index is 13.2. The molecule has 2 aromatic carbocycles. The SMILES string of the molecule is Cc1c(C(=O)N2CCCN2C(=O)CNC(=O)CNC(=O)c2ccccc2)cnn1-c1ccccc1. The lowest BCUT2D eigenvalue weighted by Gasteiger charge is -2.28. The molecule has 1 saturated heterocycles. The summed E-state index contributed by atoms with van der Waals surface area (Å²) in [6.07, 6.45) is 2.13. The zero-order chi connectivity index (χ0) is 24.8. The van der Waals surface area contributed by atoms with Gasteiger partial charge in [0.15, 0.2) is 0 Å². The van der Waals surface area contributed by atoms with Crippen molar-refractivity contribution in [3.05, 3.63) is 83.7 Å². The van der Waals surface area contributed by atoms with Crippen molar-refractivity contribution < 1.29 is 19.2 Å². The number of amides is 4. The van der Waals surface area contributed by atoms with Gasteiger partial charge in [0.25, 0.3) is 17.7 Å². The minimum Gasteiger partial charge on any atom is -0.345 e. The molecule has 0 unspecified atom stereocenters. The zero-order valence-corrected chi connectivity index (χ0v) is 19.3. The summed E-state index contributed by atoms with van der Waals surface area (Å²) in [5.74, 6) is -1.61. The van der Waals surface area contributed by atoms with Crippen LogP contribution < -0.4 is 10.6 Å². The highest BCUT2D eigenvalue weighted by Gasteiger charge is 2.33. The molecule has 4 rings (SSSR count). The Morgan fingerprint density at radius 2 is 1.51 bits per heavy atom. The van der Waals surface area contributed by atoms with Gasteiger partial charge in [0.1, 0.15) is 0 Å². The first kappa shape index (κ1) is 23.7. The Hall–Kier alpha value is -4.47. The van der Waals surface area contributed by atoms with E-state index in [9.17, 15) is 19.2 Å². The van der Waals surface area contributed by atoms with Gasteiger partial charge in [-0.1, -0.05) is 36.4 Å². The summed E-state index contributed by atoms with van der Waals surface area (Å²) < 4.78 is 1.68. The minimum atomic E-state index is -0.500. The number of benzene rings is 2. The molecule has 0 aliphatic carbocycles. The largest absolute Gasteiger partial charge is 0.345 e. The number of nitrogens with one attached hydrogen (secondary N) is 2. The Labute approximate surface area is 202 Å². The summed E-state index contributed by atoms with van der Waals surface area (Å²) in [6, 6.07) is 18.0. The highest BCUT2D eigenvalue weighted by molar-refractivity contribution is 5.98. The van der Waals surface area contributed by atoms with Crippen molar-refractivity contribution in [1.82, 2.24) is 30.4 Å². The Morgan fingerprint density at radius 3 is 2.23 bits per heavy atom. The molecule has 10 heteroatoms. The molecule has 1 aliphatic rings. The Kier molecular flexibility index (Phi) is 7.20. The van der Waals surface area contributed by atoms with Crippen molar-refractivity contribution in [1.29, 1.82) is 0 Å². The molecule has 2 N–H and O–H groups in total. The van der Waals surface area contributed by atoms with E-state index in [-0.39, 0.29) is 24.9 Å². The molecule has 0 radical (unpaired) electrons. The van der Waals surface area contributed by atoms with E-state index in [1.165, 1.54) is 16.2 Å². The fourth-order valence-corrected chi connectivity index (χ4v) is 3.85. The molecular weight excluding hydrogens is 448 g/mol. The van der Waals surface area contributed by atoms with E-state index >= 15 is 0 Å². The van der Waals surface area contributed by atoms with Gasteiger partial charge in [-0.25, -0.2) is 14.7 Å². The predicted octanol–water partition coefficient (Wildman–Crippen LogP) is 1.32. The van der Waals surface area contributed by atoms with Gasteiger partial charge in [0.2, 0.25) is 5.91 Å². The summed E-state index contributed by atoms with van der Waals surface area (Å²) in [4.78, 5) is 50.2. The Morgan fingerprint density at radius 1 is 0.857 bits per heavy atom. The number of carbonyl (C=O) groups excluding carboxylic acids is 4. The summed E-state index contributed by atoms with van der Waals surface area (Å²) in [5, 5.41) is 12.1. The van der Waals surface area contributed by atoms with Crippen molar-refractivity contribution in [2.24, 2.45) is 0 Å². The molecule has 0 bridgehead atoms. The van der Waals surface area contributed by atoms with Crippen LogP contribution >= 0.6 is 0 Å². The molecule has 10 nitrogen and oxygen atoms in total. The van der Waals surface area contributed by atoms with Crippen LogP contribution in [0.5, 0.6) is 0 Å². The average molecular weight is 475 g/mol. The third-order valence-electron chi connectivity index (χ3n) is 5.68. The molecule has 1 fully saturated rings. The van der Waals surface area contributed by atoms with E-state index in [4.69, 9.17) is 0 Å². The molecule has 0 spiro atoms. The second-order valence-electron chi connectivity index (χ2n) is 8.02. The van der Waals surface area contributed by atoms with E-state index in [0.717, 1.165) is 5.69 Å². The highest BCUT2D eigenvalue weighted by atomic mass is 16.2. The first-order valence-corrected chi connectivity index (χ1v) is 11.3. The van der Waals surface area contributed by atoms with Gasteiger partial charge in [-0.2, -0.15) is 5.10 Å². The van der Waals surface area contributed by atoms with Crippen molar-refractivity contribution in [2.75, 3.05) is 26.2 Å². The van der Waals surface area contributed by atoms with Crippen molar-refractivity contribution in [2.45, 2.75) is 13.3 Å². The molecule has 4 amide bonds. The van der Waals surface area contributed by atoms with Crippen molar-refractivity contribution in [3.63, 3.8) is 0 Å². The third kappa shape index (κ3) is 5.37. The van der Waals surface area contributed by atoms with Gasteiger partial charge in [0.05, 0.1) is 36.2 Å². The van der Waals surface area contributed by atoms with E-state index < -0.39 is 11.8 Å². The first-order valence-electron chi connectivity index (χ1n) is 11.3. The summed E-state index contributed by atoms with van der Waals surface area (Å²) in [6.45, 7) is 2.02. The molecular formula is C25H26N6O4. The number of nitrogens with zero attached hydrogens (tertiary/aromatic N) is 4. The van der Waals surface area contributed by atoms with E-state index in [2.05, 4.69) is 15.7 Å². The number of aromatic nitrogens is 2. The maximum Gasteiger partial charge on any atom is 0.275 e. The van der Waals surface area contributed by atoms with Crippen LogP contribution in [0.25, 0.3) is 5.69 Å². The summed E-state index contributed by atoms with van der Waals surface area (Å²) in [5.41, 5.74) is 2.35. The van der Waals surface area contributed by atoms with Crippen molar-refractivity contribution in [3.8, 4) is 5.69 Å². The number of hydrogen-bond acceptors (Lipinski definition) is 5. The lowest BCUT2D eigenvalue weighted by molar-refractivity contribution is -0.140. The number of hydrogen-bond donors (Lipinski definition) is 2. The fourth-order valence-electron chi connectivity index (χ4n) is 3.85. The lowest BCUT2D eigenvalue weighted by Crippen LogP contribution is -2.49. The molecule has 180 valence electrons. The zero-order valence-electron chi connectivity index (χ0n) is 19.3. The average Bonchev–Trinajstić information content (AvgIpc) is 3.53. The molecule has 0 saturated carbocycles. The van der Waals surface area contributed by atoms with Crippen LogP contribution in [0.4, 0.5) is 0 Å². The number of rotatable bonds is 7. The van der Waals surface area contributed by atoms with Gasteiger partial charge in [-0.3, -0.25) is 19.2 Å². The van der Waals surface area contributed by atoms with Gasteiger partial charge < -0.3 is 10.6 Å². The summed E-state index contributed by atoms with van der Waals surface area (Å²) in [7, 11) is 0. The highest BCUT2D eigenvalue weighted by Crippen LogP contribution is 2.19. The van der Waals surface area contributed by atoms with Crippen LogP contribution in [-0.4, -0.2) is 69.6 Å². The van der Waals surface area contributed by atoms with Gasteiger partial charge in [-0.05, 0) is 37.6 Å². The van der Waals surface area contributed by atoms with Gasteiger partial charge >= 0.3 is 0 Å². The van der Waals surface area contributed by atoms with Crippen LogP contribution in [0.15, 0.2) is 66.9 Å². The molecule has 1 aliphatic heterocycles. The second kappa shape index (κ2) is 10.6. The third-order valence-corrected chi connectivity index (χ3v) is 5.68. The van der Waals surface area contributed by atoms with Gasteiger partial charge in [-0.15, -0.1) is 0 Å². The molecule has 0 atom stereocenters. The quantitative estimate of drug-likeness (QED) is 0.536. The van der Waals surface area contributed by atoms with E-state index in [1.807, 2.05) is 30.3 Å². The predicted molar refractivity (Wildman–Crippen MR) is 127 cm³/mol. The van der Waals surface area contributed by atoms with Crippen LogP contribution in [0.2, 0.25) is 0 Å². The monoisotopic (exact) mass is 474 g/mol. The number of carbonyl (C=O) groups is 4. The van der Waals surface area contributed by atoms with Crippen LogP contribution in [0, 0.1) is 6.92 Å². The lowest BCUT2D eigenvalue weighted by atomic mass is 10.2. The van der Waals surface area contributed by atoms with E-state index in [1.54, 1.807) is 41.9 Å². The molecule has 3 aromatic rings. The van der Waals surface area contributed by atoms with E-state index in [0.29, 0.717) is 36.3 Å². The Bertz CT molecular complexity index is 1230. The molecule has 2 heterocycles. The van der Waals surface area contributed by atoms with Crippen LogP contribution in [0.3, 0.4) is 0 Å². The topological polar surface area (TPSA) is 117 Å². The molecule has 35 heavy (non-hydrogen) atoms. The first-order chi connectivity index (χ1) is 17.0. The van der Waals surface area contributed by atoms with Crippen molar-refractivity contribution >= 4 is 23.6 Å². The number of para-hydroxylation sites is 1. The number of hydrazine groups is 1. The molecule has 1 aromatic heterocycles. The maximum atomic E-state index is 13.2. The van der Waals surface area contributed by atoms with Crippen LogP contribution in [0.1, 0.15) is 32.8 Å². The summed E-state index contributed by atoms with van der Waals surface area (Å²) >= 11 is 0.